The molecule has 3 rings (SSSR count). The Kier molecular flexibility index (Phi) is 3.63. The molecule has 0 atom stereocenters. The second-order valence-corrected chi connectivity index (χ2v) is 5.08. The predicted molar refractivity (Wildman–Crippen MR) is 83.7 cm³/mol. The maximum absolute atomic E-state index is 13.6. The first-order chi connectivity index (χ1) is 10.6. The molecule has 5 heteroatoms. The highest BCUT2D eigenvalue weighted by Gasteiger charge is 2.12. The summed E-state index contributed by atoms with van der Waals surface area (Å²) in [6.45, 7) is 4.01. The third-order valence-electron chi connectivity index (χ3n) is 3.67. The van der Waals surface area contributed by atoms with Crippen LogP contribution >= 0.6 is 0 Å². The Hall–Kier alpha value is -2.69. The van der Waals surface area contributed by atoms with E-state index < -0.39 is 5.82 Å². The summed E-state index contributed by atoms with van der Waals surface area (Å²) in [6.07, 6.45) is 2.57. The molecule has 22 heavy (non-hydrogen) atoms. The van der Waals surface area contributed by atoms with Gasteiger partial charge in [-0.15, -0.1) is 0 Å². The second-order valence-electron chi connectivity index (χ2n) is 5.08. The molecular weight excluding hydrogens is 281 g/mol. The average molecular weight is 297 g/mol. The second kappa shape index (κ2) is 5.60. The Labute approximate surface area is 127 Å². The van der Waals surface area contributed by atoms with Gasteiger partial charge >= 0.3 is 0 Å². The highest BCUT2D eigenvalue weighted by molar-refractivity contribution is 6.04. The number of fused-ring (bicyclic) bond motifs is 1. The largest absolute Gasteiger partial charge is 0.319 e. The van der Waals surface area contributed by atoms with Crippen LogP contribution in [0, 0.1) is 12.7 Å². The summed E-state index contributed by atoms with van der Waals surface area (Å²) in [6, 6.07) is 9.59. The molecular formula is C17H16FN3O. The van der Waals surface area contributed by atoms with Crippen molar-refractivity contribution in [1.29, 1.82) is 0 Å². The minimum atomic E-state index is -0.455. The zero-order chi connectivity index (χ0) is 15.7. The molecule has 1 N–H and O–H groups in total. The molecule has 0 saturated heterocycles. The van der Waals surface area contributed by atoms with Gasteiger partial charge in [-0.2, -0.15) is 0 Å². The van der Waals surface area contributed by atoms with Gasteiger partial charge in [-0.3, -0.25) is 4.79 Å². The molecule has 3 aromatic rings. The molecule has 0 spiro atoms. The molecule has 112 valence electrons. The smallest absolute Gasteiger partial charge is 0.257 e. The third-order valence-corrected chi connectivity index (χ3v) is 3.67. The van der Waals surface area contributed by atoms with E-state index in [1.165, 1.54) is 12.1 Å². The van der Waals surface area contributed by atoms with E-state index >= 15 is 0 Å². The van der Waals surface area contributed by atoms with Crippen LogP contribution in [0.5, 0.6) is 0 Å². The van der Waals surface area contributed by atoms with Crippen LogP contribution in [-0.2, 0) is 6.42 Å². The fraction of sp³-hybridized carbons (Fsp3) is 0.176. The zero-order valence-electron chi connectivity index (χ0n) is 12.4. The number of halogens is 1. The number of rotatable bonds is 3. The normalized spacial score (nSPS) is 10.9. The van der Waals surface area contributed by atoms with E-state index in [9.17, 15) is 9.18 Å². The van der Waals surface area contributed by atoms with Gasteiger partial charge in [0.1, 0.15) is 11.5 Å². The number of benzene rings is 1. The Bertz CT molecular complexity index is 854. The van der Waals surface area contributed by atoms with Crippen LogP contribution in [0.4, 0.5) is 10.1 Å². The van der Waals surface area contributed by atoms with Crippen LogP contribution in [0.15, 0.2) is 42.6 Å². The Morgan fingerprint density at radius 3 is 2.77 bits per heavy atom. The van der Waals surface area contributed by atoms with E-state index in [0.29, 0.717) is 5.56 Å². The molecule has 0 unspecified atom stereocenters. The molecule has 2 heterocycles. The van der Waals surface area contributed by atoms with Crippen molar-refractivity contribution in [1.82, 2.24) is 9.38 Å². The lowest BCUT2D eigenvalue weighted by molar-refractivity contribution is 0.102. The molecule has 0 radical (unpaired) electrons. The number of imidazole rings is 1. The van der Waals surface area contributed by atoms with Gasteiger partial charge in [-0.05, 0) is 37.6 Å². The summed E-state index contributed by atoms with van der Waals surface area (Å²) in [5.41, 5.74) is 3.45. The predicted octanol–water partition coefficient (Wildman–Crippen LogP) is 3.60. The fourth-order valence-electron chi connectivity index (χ4n) is 2.44. The van der Waals surface area contributed by atoms with E-state index in [1.807, 2.05) is 18.2 Å². The Morgan fingerprint density at radius 2 is 2.05 bits per heavy atom. The van der Waals surface area contributed by atoms with Crippen molar-refractivity contribution < 1.29 is 9.18 Å². The van der Waals surface area contributed by atoms with Gasteiger partial charge in [0.05, 0.1) is 16.9 Å². The Morgan fingerprint density at radius 1 is 1.27 bits per heavy atom. The quantitative estimate of drug-likeness (QED) is 0.803. The molecule has 0 aliphatic heterocycles. The fourth-order valence-corrected chi connectivity index (χ4v) is 2.44. The van der Waals surface area contributed by atoms with E-state index in [0.717, 1.165) is 23.5 Å². The van der Waals surface area contributed by atoms with Crippen molar-refractivity contribution in [2.24, 2.45) is 0 Å². The number of hydrogen-bond donors (Lipinski definition) is 1. The summed E-state index contributed by atoms with van der Waals surface area (Å²) in [5.74, 6) is -0.804. The number of carbonyl (C=O) groups is 1. The lowest BCUT2D eigenvalue weighted by Gasteiger charge is -2.07. The summed E-state index contributed by atoms with van der Waals surface area (Å²) in [5, 5.41) is 2.58. The number of nitrogens with one attached hydrogen (secondary N) is 1. The summed E-state index contributed by atoms with van der Waals surface area (Å²) in [4.78, 5) is 16.8. The van der Waals surface area contributed by atoms with E-state index in [1.54, 1.807) is 30.5 Å². The van der Waals surface area contributed by atoms with Gasteiger partial charge in [-0.25, -0.2) is 9.37 Å². The van der Waals surface area contributed by atoms with Gasteiger partial charge in [0.15, 0.2) is 0 Å². The average Bonchev–Trinajstić information content (AvgIpc) is 2.85. The first kappa shape index (κ1) is 14.3. The minimum Gasteiger partial charge on any atom is -0.319 e. The molecule has 1 aromatic carbocycles. The topological polar surface area (TPSA) is 46.4 Å². The monoisotopic (exact) mass is 297 g/mol. The number of hydrogen-bond acceptors (Lipinski definition) is 2. The number of amides is 1. The molecule has 2 aromatic heterocycles. The molecule has 0 fully saturated rings. The summed E-state index contributed by atoms with van der Waals surface area (Å²) < 4.78 is 15.5. The molecule has 4 nitrogen and oxygen atoms in total. The molecule has 0 bridgehead atoms. The van der Waals surface area contributed by atoms with Crippen molar-refractivity contribution in [3.8, 4) is 0 Å². The van der Waals surface area contributed by atoms with Crippen molar-refractivity contribution in [3.05, 3.63) is 65.4 Å². The summed E-state index contributed by atoms with van der Waals surface area (Å²) >= 11 is 0. The molecule has 0 aliphatic rings. The number of para-hydroxylation sites is 1. The molecule has 0 aliphatic carbocycles. The van der Waals surface area contributed by atoms with Crippen LogP contribution in [-0.4, -0.2) is 15.3 Å². The number of nitrogens with zero attached hydrogens (tertiary/aromatic N) is 2. The molecule has 1 amide bonds. The van der Waals surface area contributed by atoms with Crippen LogP contribution in [0.1, 0.15) is 28.7 Å². The lowest BCUT2D eigenvalue weighted by Crippen LogP contribution is -2.13. The van der Waals surface area contributed by atoms with Gasteiger partial charge in [-0.1, -0.05) is 19.1 Å². The van der Waals surface area contributed by atoms with Crippen molar-refractivity contribution >= 4 is 17.2 Å². The van der Waals surface area contributed by atoms with Crippen molar-refractivity contribution in [3.63, 3.8) is 0 Å². The van der Waals surface area contributed by atoms with Gasteiger partial charge in [0.25, 0.3) is 5.91 Å². The number of aryl methyl sites for hydroxylation is 2. The Balaban J connectivity index is 1.94. The van der Waals surface area contributed by atoms with Crippen LogP contribution < -0.4 is 5.32 Å². The van der Waals surface area contributed by atoms with E-state index in [-0.39, 0.29) is 11.6 Å². The van der Waals surface area contributed by atoms with Crippen LogP contribution in [0.2, 0.25) is 0 Å². The highest BCUT2D eigenvalue weighted by Crippen LogP contribution is 2.16. The first-order valence-corrected chi connectivity index (χ1v) is 7.13. The van der Waals surface area contributed by atoms with E-state index in [2.05, 4.69) is 10.3 Å². The van der Waals surface area contributed by atoms with Gasteiger partial charge in [0.2, 0.25) is 0 Å². The SMILES string of the molecule is CCc1nc2ccc(C(=O)Nc3ccccc3F)cn2c1C. The maximum atomic E-state index is 13.6. The van der Waals surface area contributed by atoms with Crippen molar-refractivity contribution in [2.45, 2.75) is 20.3 Å². The van der Waals surface area contributed by atoms with Crippen LogP contribution in [0.25, 0.3) is 5.65 Å². The summed E-state index contributed by atoms with van der Waals surface area (Å²) in [7, 11) is 0. The first-order valence-electron chi connectivity index (χ1n) is 7.13. The van der Waals surface area contributed by atoms with Crippen LogP contribution in [0.3, 0.4) is 0 Å². The minimum absolute atomic E-state index is 0.171. The van der Waals surface area contributed by atoms with E-state index in [4.69, 9.17) is 0 Å². The number of anilines is 1. The zero-order valence-corrected chi connectivity index (χ0v) is 12.4. The lowest BCUT2D eigenvalue weighted by atomic mass is 10.2. The maximum Gasteiger partial charge on any atom is 0.257 e. The standard InChI is InChI=1S/C17H16FN3O/c1-3-14-11(2)21-10-12(8-9-16(21)19-14)17(22)20-15-7-5-4-6-13(15)18/h4-10H,3H2,1-2H3,(H,20,22). The van der Waals surface area contributed by atoms with Gasteiger partial charge in [0, 0.05) is 11.9 Å². The number of pyridine rings is 1. The van der Waals surface area contributed by atoms with Crippen molar-refractivity contribution in [2.75, 3.05) is 5.32 Å². The molecule has 0 saturated carbocycles. The highest BCUT2D eigenvalue weighted by atomic mass is 19.1. The number of carbonyl (C=O) groups excluding carboxylic acids is 1. The van der Waals surface area contributed by atoms with Gasteiger partial charge < -0.3 is 9.72 Å². The number of aromatic nitrogens is 2. The third kappa shape index (κ3) is 2.45.